The van der Waals surface area contributed by atoms with Gasteiger partial charge in [-0.15, -0.1) is 0 Å². The lowest BCUT2D eigenvalue weighted by Gasteiger charge is -2.34. The second kappa shape index (κ2) is 8.16. The minimum atomic E-state index is 0.0725. The van der Waals surface area contributed by atoms with Gasteiger partial charge in [-0.1, -0.05) is 24.8 Å². The Bertz CT molecular complexity index is 840. The van der Waals surface area contributed by atoms with E-state index in [4.69, 9.17) is 10.00 Å². The number of hydrogen-bond acceptors (Lipinski definition) is 4. The Kier molecular flexibility index (Phi) is 5.47. The van der Waals surface area contributed by atoms with Crippen molar-refractivity contribution in [2.24, 2.45) is 0 Å². The molecule has 0 bridgehead atoms. The average molecular weight is 364 g/mol. The molecule has 5 heteroatoms. The van der Waals surface area contributed by atoms with E-state index in [-0.39, 0.29) is 6.10 Å². The van der Waals surface area contributed by atoms with Gasteiger partial charge in [0.25, 0.3) is 0 Å². The van der Waals surface area contributed by atoms with E-state index in [0.717, 1.165) is 44.9 Å². The Hall–Kier alpha value is -2.29. The summed E-state index contributed by atoms with van der Waals surface area (Å²) in [6.07, 6.45) is 6.29. The lowest BCUT2D eigenvalue weighted by molar-refractivity contribution is 0.0315. The van der Waals surface area contributed by atoms with Gasteiger partial charge in [0.1, 0.15) is 6.10 Å². The SMILES string of the molecule is C=C(C1CNCCO1)N(Cc1cn(CCCC#N)c2ccccc12)C1CC1. The van der Waals surface area contributed by atoms with Crippen molar-refractivity contribution in [2.75, 3.05) is 19.7 Å². The number of hydrogen-bond donors (Lipinski definition) is 1. The van der Waals surface area contributed by atoms with Crippen LogP contribution in [0.3, 0.4) is 0 Å². The number of para-hydroxylation sites is 1. The predicted octanol–water partition coefficient (Wildman–Crippen LogP) is 3.41. The molecule has 1 N–H and O–H groups in total. The molecule has 1 aromatic carbocycles. The second-order valence-electron chi connectivity index (χ2n) is 7.54. The molecule has 1 aliphatic heterocycles. The number of aryl methyl sites for hydroxylation is 1. The molecule has 2 aliphatic rings. The van der Waals surface area contributed by atoms with Crippen molar-refractivity contribution in [3.05, 3.63) is 48.3 Å². The fraction of sp³-hybridized carbons (Fsp3) is 0.500. The van der Waals surface area contributed by atoms with Gasteiger partial charge < -0.3 is 19.5 Å². The molecule has 1 saturated heterocycles. The number of unbranched alkanes of at least 4 members (excludes halogenated alkanes) is 1. The van der Waals surface area contributed by atoms with Gasteiger partial charge >= 0.3 is 0 Å². The first-order valence-electron chi connectivity index (χ1n) is 9.99. The Morgan fingerprint density at radius 3 is 2.96 bits per heavy atom. The fourth-order valence-corrected chi connectivity index (χ4v) is 3.96. The van der Waals surface area contributed by atoms with Gasteiger partial charge in [0.2, 0.25) is 0 Å². The Labute approximate surface area is 161 Å². The highest BCUT2D eigenvalue weighted by molar-refractivity contribution is 5.84. The lowest BCUT2D eigenvalue weighted by atomic mass is 10.1. The molecule has 142 valence electrons. The van der Waals surface area contributed by atoms with Crippen LogP contribution in [-0.4, -0.2) is 41.3 Å². The van der Waals surface area contributed by atoms with Crippen molar-refractivity contribution in [2.45, 2.75) is 50.9 Å². The first-order valence-corrected chi connectivity index (χ1v) is 9.99. The number of nitrogens with one attached hydrogen (secondary N) is 1. The van der Waals surface area contributed by atoms with Crippen molar-refractivity contribution < 1.29 is 4.74 Å². The Balaban J connectivity index is 1.57. The normalized spacial score (nSPS) is 19.7. The number of aromatic nitrogens is 1. The number of fused-ring (bicyclic) bond motifs is 1. The van der Waals surface area contributed by atoms with Crippen LogP contribution in [0.25, 0.3) is 10.9 Å². The molecular formula is C22H28N4O. The summed E-state index contributed by atoms with van der Waals surface area (Å²) in [6.45, 7) is 8.67. The topological polar surface area (TPSA) is 53.2 Å². The van der Waals surface area contributed by atoms with Gasteiger partial charge in [0.05, 0.1) is 12.7 Å². The maximum Gasteiger partial charge on any atom is 0.109 e. The van der Waals surface area contributed by atoms with Crippen LogP contribution in [0.5, 0.6) is 0 Å². The molecule has 1 unspecified atom stereocenters. The Morgan fingerprint density at radius 1 is 1.37 bits per heavy atom. The Morgan fingerprint density at radius 2 is 2.22 bits per heavy atom. The third-order valence-corrected chi connectivity index (χ3v) is 5.56. The van der Waals surface area contributed by atoms with E-state index in [1.165, 1.54) is 29.3 Å². The van der Waals surface area contributed by atoms with Gasteiger partial charge in [-0.2, -0.15) is 5.26 Å². The smallest absolute Gasteiger partial charge is 0.109 e. The summed E-state index contributed by atoms with van der Waals surface area (Å²) in [7, 11) is 0. The van der Waals surface area contributed by atoms with Crippen LogP contribution in [0.1, 0.15) is 31.2 Å². The zero-order chi connectivity index (χ0) is 18.6. The summed E-state index contributed by atoms with van der Waals surface area (Å²) >= 11 is 0. The summed E-state index contributed by atoms with van der Waals surface area (Å²) in [5.41, 5.74) is 3.69. The first kappa shape index (κ1) is 18.1. The van der Waals surface area contributed by atoms with Crippen LogP contribution < -0.4 is 5.32 Å². The average Bonchev–Trinajstić information content (AvgIpc) is 3.50. The van der Waals surface area contributed by atoms with E-state index in [2.05, 4.69) is 57.9 Å². The third-order valence-electron chi connectivity index (χ3n) is 5.56. The first-order chi connectivity index (χ1) is 13.3. The third kappa shape index (κ3) is 4.02. The maximum absolute atomic E-state index is 8.84. The van der Waals surface area contributed by atoms with Gasteiger partial charge in [-0.25, -0.2) is 0 Å². The monoisotopic (exact) mass is 364 g/mol. The largest absolute Gasteiger partial charge is 0.369 e. The molecule has 0 amide bonds. The predicted molar refractivity (Wildman–Crippen MR) is 107 cm³/mol. The standard InChI is InChI=1S/C22H28N4O/c1-17(22-14-24-11-13-27-22)26(19-8-9-19)16-18-15-25(12-5-4-10-23)21-7-3-2-6-20(18)21/h2-3,6-7,15,19,22,24H,1,4-5,8-9,11-14,16H2. The molecule has 4 rings (SSSR count). The molecule has 1 aromatic heterocycles. The van der Waals surface area contributed by atoms with Crippen molar-refractivity contribution >= 4 is 10.9 Å². The number of morpholine rings is 1. The van der Waals surface area contributed by atoms with Crippen LogP contribution in [0.15, 0.2) is 42.7 Å². The van der Waals surface area contributed by atoms with E-state index in [0.29, 0.717) is 12.5 Å². The van der Waals surface area contributed by atoms with Crippen LogP contribution in [0, 0.1) is 11.3 Å². The number of benzene rings is 1. The summed E-state index contributed by atoms with van der Waals surface area (Å²) in [5, 5.41) is 13.6. The zero-order valence-corrected chi connectivity index (χ0v) is 15.9. The van der Waals surface area contributed by atoms with Crippen LogP contribution >= 0.6 is 0 Å². The molecule has 0 radical (unpaired) electrons. The summed E-state index contributed by atoms with van der Waals surface area (Å²) in [5.74, 6) is 0. The highest BCUT2D eigenvalue weighted by Gasteiger charge is 2.33. The summed E-state index contributed by atoms with van der Waals surface area (Å²) < 4.78 is 8.26. The molecular weight excluding hydrogens is 336 g/mol. The van der Waals surface area contributed by atoms with E-state index in [9.17, 15) is 0 Å². The quantitative estimate of drug-likeness (QED) is 0.730. The van der Waals surface area contributed by atoms with Gasteiger partial charge in [-0.3, -0.25) is 0 Å². The minimum Gasteiger partial charge on any atom is -0.369 e. The van der Waals surface area contributed by atoms with Crippen LogP contribution in [0.2, 0.25) is 0 Å². The van der Waals surface area contributed by atoms with E-state index < -0.39 is 0 Å². The van der Waals surface area contributed by atoms with E-state index in [1.807, 2.05) is 0 Å². The molecule has 2 fully saturated rings. The molecule has 2 heterocycles. The van der Waals surface area contributed by atoms with E-state index >= 15 is 0 Å². The van der Waals surface area contributed by atoms with Gasteiger partial charge in [0, 0.05) is 61.4 Å². The van der Waals surface area contributed by atoms with Crippen molar-refractivity contribution in [3.8, 4) is 6.07 Å². The number of rotatable bonds is 8. The molecule has 1 saturated carbocycles. The number of nitriles is 1. The maximum atomic E-state index is 8.84. The highest BCUT2D eigenvalue weighted by Crippen LogP contribution is 2.34. The molecule has 1 atom stereocenters. The molecule has 2 aromatic rings. The van der Waals surface area contributed by atoms with E-state index in [1.54, 1.807) is 0 Å². The summed E-state index contributed by atoms with van der Waals surface area (Å²) in [6, 6.07) is 11.4. The molecule has 5 nitrogen and oxygen atoms in total. The second-order valence-corrected chi connectivity index (χ2v) is 7.54. The highest BCUT2D eigenvalue weighted by atomic mass is 16.5. The van der Waals surface area contributed by atoms with Crippen molar-refractivity contribution in [1.82, 2.24) is 14.8 Å². The van der Waals surface area contributed by atoms with Gasteiger partial charge in [0.15, 0.2) is 0 Å². The van der Waals surface area contributed by atoms with Crippen LogP contribution in [0.4, 0.5) is 0 Å². The van der Waals surface area contributed by atoms with Crippen LogP contribution in [-0.2, 0) is 17.8 Å². The number of ether oxygens (including phenoxy) is 1. The fourth-order valence-electron chi connectivity index (χ4n) is 3.96. The lowest BCUT2D eigenvalue weighted by Crippen LogP contribution is -2.43. The van der Waals surface area contributed by atoms with Gasteiger partial charge in [-0.05, 0) is 30.9 Å². The molecule has 0 spiro atoms. The zero-order valence-electron chi connectivity index (χ0n) is 15.9. The van der Waals surface area contributed by atoms with Crippen molar-refractivity contribution in [3.63, 3.8) is 0 Å². The number of nitrogens with zero attached hydrogens (tertiary/aromatic N) is 3. The molecule has 1 aliphatic carbocycles. The van der Waals surface area contributed by atoms with Crippen molar-refractivity contribution in [1.29, 1.82) is 5.26 Å². The summed E-state index contributed by atoms with van der Waals surface area (Å²) in [4.78, 5) is 2.46. The molecule has 27 heavy (non-hydrogen) atoms. The minimum absolute atomic E-state index is 0.0725.